The molecule has 1 aliphatic rings. The van der Waals surface area contributed by atoms with Crippen LogP contribution in [0.1, 0.15) is 24.0 Å². The summed E-state index contributed by atoms with van der Waals surface area (Å²) >= 11 is 0. The Balaban J connectivity index is 2.23. The third-order valence-corrected chi connectivity index (χ3v) is 3.39. The van der Waals surface area contributed by atoms with E-state index in [1.807, 2.05) is 0 Å². The molecule has 0 aromatic heterocycles. The molecule has 1 saturated carbocycles. The molecule has 0 radical (unpaired) electrons. The van der Waals surface area contributed by atoms with E-state index in [2.05, 4.69) is 5.32 Å². The largest absolute Gasteiger partial charge is 0.416 e. The molecule has 0 bridgehead atoms. The maximum atomic E-state index is 13.2. The third kappa shape index (κ3) is 4.35. The van der Waals surface area contributed by atoms with Gasteiger partial charge in [-0.3, -0.25) is 4.79 Å². The lowest BCUT2D eigenvalue weighted by Gasteiger charge is -2.21. The Morgan fingerprint density at radius 3 is 2.62 bits per heavy atom. The van der Waals surface area contributed by atoms with E-state index < -0.39 is 17.6 Å². The molecule has 0 saturated heterocycles. The minimum absolute atomic E-state index is 0.128. The predicted octanol–water partition coefficient (Wildman–Crippen LogP) is 1.88. The summed E-state index contributed by atoms with van der Waals surface area (Å²) in [5.74, 6) is -0.592. The number of anilines is 1. The standard InChI is InChI=1S/C14H18F3N3O/c1-20(8-13(18)21)11-5-2-9(7-19-10-3-4-10)12(6-11)14(15,16)17/h2,5-6,10,19H,3-4,7-8H2,1H3,(H2,18,21). The number of benzene rings is 1. The number of hydrogen-bond acceptors (Lipinski definition) is 3. The Morgan fingerprint density at radius 1 is 1.43 bits per heavy atom. The van der Waals surface area contributed by atoms with Crippen molar-refractivity contribution in [3.63, 3.8) is 0 Å². The van der Waals surface area contributed by atoms with Gasteiger partial charge in [-0.2, -0.15) is 13.2 Å². The minimum Gasteiger partial charge on any atom is -0.368 e. The first-order valence-electron chi connectivity index (χ1n) is 6.70. The first-order chi connectivity index (χ1) is 9.77. The second-order valence-electron chi connectivity index (χ2n) is 5.32. The second-order valence-corrected chi connectivity index (χ2v) is 5.32. The van der Waals surface area contributed by atoms with Crippen LogP contribution in [0.25, 0.3) is 0 Å². The number of likely N-dealkylation sites (N-methyl/N-ethyl adjacent to an activating group) is 1. The molecule has 0 unspecified atom stereocenters. The van der Waals surface area contributed by atoms with Crippen molar-refractivity contribution in [3.05, 3.63) is 29.3 Å². The third-order valence-electron chi connectivity index (χ3n) is 3.39. The lowest BCUT2D eigenvalue weighted by Crippen LogP contribution is -2.30. The summed E-state index contributed by atoms with van der Waals surface area (Å²) in [7, 11) is 1.53. The number of alkyl halides is 3. The molecule has 0 spiro atoms. The number of carbonyl (C=O) groups excluding carboxylic acids is 1. The Labute approximate surface area is 121 Å². The number of amides is 1. The number of primary amides is 1. The SMILES string of the molecule is CN(CC(N)=O)c1ccc(CNC2CC2)c(C(F)(F)F)c1. The van der Waals surface area contributed by atoms with E-state index >= 15 is 0 Å². The Hall–Kier alpha value is -1.76. The summed E-state index contributed by atoms with van der Waals surface area (Å²) < 4.78 is 39.5. The van der Waals surface area contributed by atoms with Crippen LogP contribution in [0, 0.1) is 0 Å². The van der Waals surface area contributed by atoms with Crippen LogP contribution < -0.4 is 16.0 Å². The first-order valence-corrected chi connectivity index (χ1v) is 6.70. The Bertz CT molecular complexity index is 527. The molecular formula is C14H18F3N3O. The van der Waals surface area contributed by atoms with Gasteiger partial charge in [-0.15, -0.1) is 0 Å². The molecular weight excluding hydrogens is 283 g/mol. The van der Waals surface area contributed by atoms with Crippen molar-refractivity contribution in [2.75, 3.05) is 18.5 Å². The first kappa shape index (κ1) is 15.6. The molecule has 1 aromatic carbocycles. The van der Waals surface area contributed by atoms with Crippen molar-refractivity contribution in [1.82, 2.24) is 5.32 Å². The van der Waals surface area contributed by atoms with Gasteiger partial charge in [0.25, 0.3) is 0 Å². The van der Waals surface area contributed by atoms with Crippen LogP contribution in [0.15, 0.2) is 18.2 Å². The fraction of sp³-hybridized carbons (Fsp3) is 0.500. The van der Waals surface area contributed by atoms with Crippen molar-refractivity contribution in [1.29, 1.82) is 0 Å². The molecule has 1 aliphatic carbocycles. The van der Waals surface area contributed by atoms with Crippen molar-refractivity contribution in [2.24, 2.45) is 5.73 Å². The summed E-state index contributed by atoms with van der Waals surface area (Å²) in [6, 6.07) is 4.42. The van der Waals surface area contributed by atoms with Gasteiger partial charge in [0.15, 0.2) is 0 Å². The van der Waals surface area contributed by atoms with Gasteiger partial charge in [0.05, 0.1) is 12.1 Å². The Morgan fingerprint density at radius 2 is 2.10 bits per heavy atom. The molecule has 0 aliphatic heterocycles. The van der Waals surface area contributed by atoms with Crippen LogP contribution in [-0.4, -0.2) is 25.5 Å². The Kier molecular flexibility index (Phi) is 4.41. The molecule has 3 N–H and O–H groups in total. The predicted molar refractivity (Wildman–Crippen MR) is 73.8 cm³/mol. The van der Waals surface area contributed by atoms with Gasteiger partial charge in [-0.05, 0) is 30.5 Å². The average Bonchev–Trinajstić information content (AvgIpc) is 3.18. The van der Waals surface area contributed by atoms with E-state index in [1.54, 1.807) is 6.07 Å². The second kappa shape index (κ2) is 5.93. The summed E-state index contributed by atoms with van der Waals surface area (Å²) in [5, 5.41) is 3.08. The molecule has 116 valence electrons. The van der Waals surface area contributed by atoms with E-state index in [0.29, 0.717) is 11.7 Å². The van der Waals surface area contributed by atoms with E-state index in [1.165, 1.54) is 18.0 Å². The fourth-order valence-corrected chi connectivity index (χ4v) is 2.09. The molecule has 0 heterocycles. The average molecular weight is 301 g/mol. The van der Waals surface area contributed by atoms with Crippen LogP contribution in [0.5, 0.6) is 0 Å². The zero-order valence-corrected chi connectivity index (χ0v) is 11.7. The van der Waals surface area contributed by atoms with Gasteiger partial charge < -0.3 is 16.0 Å². The van der Waals surface area contributed by atoms with Crippen molar-refractivity contribution in [3.8, 4) is 0 Å². The monoisotopic (exact) mass is 301 g/mol. The highest BCUT2D eigenvalue weighted by molar-refractivity contribution is 5.79. The van der Waals surface area contributed by atoms with Gasteiger partial charge >= 0.3 is 6.18 Å². The van der Waals surface area contributed by atoms with Gasteiger partial charge in [-0.25, -0.2) is 0 Å². The number of nitrogens with zero attached hydrogens (tertiary/aromatic N) is 1. The normalized spacial score (nSPS) is 15.0. The smallest absolute Gasteiger partial charge is 0.368 e. The van der Waals surface area contributed by atoms with Crippen molar-refractivity contribution < 1.29 is 18.0 Å². The van der Waals surface area contributed by atoms with E-state index in [9.17, 15) is 18.0 Å². The van der Waals surface area contributed by atoms with Crippen LogP contribution in [-0.2, 0) is 17.5 Å². The number of hydrogen-bond donors (Lipinski definition) is 2. The summed E-state index contributed by atoms with van der Waals surface area (Å²) in [6.07, 6.45) is -2.40. The molecule has 4 nitrogen and oxygen atoms in total. The molecule has 7 heteroatoms. The maximum absolute atomic E-state index is 13.2. The summed E-state index contributed by atoms with van der Waals surface area (Å²) in [6.45, 7) is 0.0658. The molecule has 2 rings (SSSR count). The van der Waals surface area contributed by atoms with Crippen LogP contribution in [0.3, 0.4) is 0 Å². The quantitative estimate of drug-likeness (QED) is 0.843. The highest BCUT2D eigenvalue weighted by atomic mass is 19.4. The zero-order chi connectivity index (χ0) is 15.6. The minimum atomic E-state index is -4.43. The van der Waals surface area contributed by atoms with Gasteiger partial charge in [0.1, 0.15) is 0 Å². The maximum Gasteiger partial charge on any atom is 0.416 e. The molecule has 1 fully saturated rings. The highest BCUT2D eigenvalue weighted by Crippen LogP contribution is 2.35. The number of carbonyl (C=O) groups is 1. The summed E-state index contributed by atoms with van der Waals surface area (Å²) in [4.78, 5) is 12.3. The van der Waals surface area contributed by atoms with Gasteiger partial charge in [0, 0.05) is 25.3 Å². The van der Waals surface area contributed by atoms with Gasteiger partial charge in [0.2, 0.25) is 5.91 Å². The van der Waals surface area contributed by atoms with Crippen molar-refractivity contribution in [2.45, 2.75) is 31.6 Å². The van der Waals surface area contributed by atoms with E-state index in [-0.39, 0.29) is 18.7 Å². The fourth-order valence-electron chi connectivity index (χ4n) is 2.09. The van der Waals surface area contributed by atoms with Gasteiger partial charge in [-0.1, -0.05) is 6.07 Å². The van der Waals surface area contributed by atoms with Crippen LogP contribution >= 0.6 is 0 Å². The van der Waals surface area contributed by atoms with Crippen LogP contribution in [0.4, 0.5) is 18.9 Å². The number of rotatable bonds is 6. The van der Waals surface area contributed by atoms with E-state index in [0.717, 1.165) is 18.9 Å². The topological polar surface area (TPSA) is 58.4 Å². The molecule has 0 atom stereocenters. The van der Waals surface area contributed by atoms with E-state index in [4.69, 9.17) is 5.73 Å². The molecule has 1 aromatic rings. The van der Waals surface area contributed by atoms with Crippen molar-refractivity contribution >= 4 is 11.6 Å². The number of halogens is 3. The zero-order valence-electron chi connectivity index (χ0n) is 11.7. The number of nitrogens with one attached hydrogen (secondary N) is 1. The summed E-state index contributed by atoms with van der Waals surface area (Å²) in [5.41, 5.74) is 4.91. The highest BCUT2D eigenvalue weighted by Gasteiger charge is 2.34. The lowest BCUT2D eigenvalue weighted by atomic mass is 10.1. The molecule has 1 amide bonds. The van der Waals surface area contributed by atoms with Crippen LogP contribution in [0.2, 0.25) is 0 Å². The lowest BCUT2D eigenvalue weighted by molar-refractivity contribution is -0.138. The molecule has 21 heavy (non-hydrogen) atoms. The number of nitrogens with two attached hydrogens (primary N) is 1.